The molecule has 2 aromatic rings. The Kier molecular flexibility index (Phi) is 10.9. The third-order valence-corrected chi connectivity index (χ3v) is 6.13. The Morgan fingerprint density at radius 2 is 2.03 bits per heavy atom. The van der Waals surface area contributed by atoms with Crippen molar-refractivity contribution in [1.29, 1.82) is 0 Å². The van der Waals surface area contributed by atoms with Gasteiger partial charge in [0.05, 0.1) is 25.8 Å². The summed E-state index contributed by atoms with van der Waals surface area (Å²) in [6.07, 6.45) is 1.88. The lowest BCUT2D eigenvalue weighted by Gasteiger charge is -2.25. The van der Waals surface area contributed by atoms with Crippen LogP contribution in [-0.4, -0.2) is 55.8 Å². The second kappa shape index (κ2) is 13.1. The van der Waals surface area contributed by atoms with E-state index in [1.807, 2.05) is 31.2 Å². The maximum atomic E-state index is 10.6. The van der Waals surface area contributed by atoms with Gasteiger partial charge in [-0.3, -0.25) is 9.89 Å². The molecule has 2 heterocycles. The van der Waals surface area contributed by atoms with Gasteiger partial charge in [-0.15, -0.1) is 35.3 Å². The number of benzene rings is 1. The predicted octanol–water partition coefficient (Wildman–Crippen LogP) is 3.80. The molecule has 2 atom stereocenters. The first-order valence-corrected chi connectivity index (χ1v) is 11.2. The molecule has 0 aliphatic carbocycles. The number of nitrogens with one attached hydrogen (secondary N) is 2. The summed E-state index contributed by atoms with van der Waals surface area (Å²) < 4.78 is 5.25. The van der Waals surface area contributed by atoms with Crippen LogP contribution in [0, 0.1) is 0 Å². The first kappa shape index (κ1) is 24.9. The monoisotopic (exact) mass is 544 g/mol. The summed E-state index contributed by atoms with van der Waals surface area (Å²) in [5.41, 5.74) is 0.821. The number of ether oxygens (including phenoxy) is 1. The smallest absolute Gasteiger partial charge is 0.191 e. The van der Waals surface area contributed by atoms with Crippen molar-refractivity contribution in [1.82, 2.24) is 15.5 Å². The van der Waals surface area contributed by atoms with Crippen LogP contribution in [0.15, 0.2) is 46.8 Å². The third kappa shape index (κ3) is 7.11. The normalized spacial score (nSPS) is 16.6. The van der Waals surface area contributed by atoms with Gasteiger partial charge in [-0.1, -0.05) is 18.2 Å². The minimum atomic E-state index is -0.638. The molecule has 1 aromatic carbocycles. The van der Waals surface area contributed by atoms with Crippen LogP contribution < -0.4 is 15.4 Å². The van der Waals surface area contributed by atoms with Crippen molar-refractivity contribution in [3.8, 4) is 5.75 Å². The van der Waals surface area contributed by atoms with Crippen LogP contribution in [0.2, 0.25) is 0 Å². The molecule has 3 N–H and O–H groups in total. The fourth-order valence-corrected chi connectivity index (χ4v) is 4.45. The number of hydrogen-bond acceptors (Lipinski definition) is 5. The van der Waals surface area contributed by atoms with Crippen molar-refractivity contribution in [2.24, 2.45) is 4.99 Å². The summed E-state index contributed by atoms with van der Waals surface area (Å²) in [6, 6.07) is 12.2. The Hall–Kier alpha value is -1.36. The van der Waals surface area contributed by atoms with Crippen molar-refractivity contribution in [2.45, 2.75) is 31.9 Å². The van der Waals surface area contributed by atoms with E-state index >= 15 is 0 Å². The molecule has 1 saturated heterocycles. The third-order valence-electron chi connectivity index (χ3n) is 5.16. The molecule has 0 bridgehead atoms. The summed E-state index contributed by atoms with van der Waals surface area (Å²) >= 11 is 1.80. The highest BCUT2D eigenvalue weighted by Gasteiger charge is 2.24. The fraction of sp³-hybridized carbons (Fsp3) is 0.500. The average Bonchev–Trinajstić information content (AvgIpc) is 3.47. The van der Waals surface area contributed by atoms with Crippen LogP contribution in [0.3, 0.4) is 0 Å². The molecular formula is C22H33IN4O2S. The lowest BCUT2D eigenvalue weighted by atomic mass is 10.1. The summed E-state index contributed by atoms with van der Waals surface area (Å²) in [5.74, 6) is 1.47. The first-order chi connectivity index (χ1) is 14.2. The van der Waals surface area contributed by atoms with Gasteiger partial charge in [-0.2, -0.15) is 0 Å². The molecule has 3 rings (SSSR count). The van der Waals surface area contributed by atoms with Gasteiger partial charge in [0.15, 0.2) is 5.96 Å². The number of aliphatic hydroxyl groups excluding tert-OH is 1. The Labute approximate surface area is 200 Å². The number of hydrogen-bond donors (Lipinski definition) is 3. The number of guanidine groups is 1. The van der Waals surface area contributed by atoms with Crippen LogP contribution in [0.1, 0.15) is 42.4 Å². The average molecular weight is 545 g/mol. The predicted molar refractivity (Wildman–Crippen MR) is 135 cm³/mol. The molecule has 1 aromatic heterocycles. The van der Waals surface area contributed by atoms with E-state index in [1.54, 1.807) is 18.4 Å². The molecule has 0 saturated carbocycles. The SMILES string of the molecule is CCNC(=NCC(c1cccs1)N1CCCC1)NCC(O)c1cccc(OC)c1.I. The van der Waals surface area contributed by atoms with E-state index in [-0.39, 0.29) is 24.0 Å². The minimum absolute atomic E-state index is 0. The van der Waals surface area contributed by atoms with Gasteiger partial charge in [0, 0.05) is 18.0 Å². The molecule has 1 fully saturated rings. The van der Waals surface area contributed by atoms with Crippen molar-refractivity contribution in [3.63, 3.8) is 0 Å². The van der Waals surface area contributed by atoms with Crippen LogP contribution in [-0.2, 0) is 0 Å². The molecule has 0 spiro atoms. The van der Waals surface area contributed by atoms with E-state index in [4.69, 9.17) is 9.73 Å². The van der Waals surface area contributed by atoms with E-state index in [9.17, 15) is 5.11 Å². The molecule has 0 radical (unpaired) electrons. The zero-order valence-corrected chi connectivity index (χ0v) is 20.9. The number of methoxy groups -OCH3 is 1. The number of halogens is 1. The van der Waals surface area contributed by atoms with Crippen molar-refractivity contribution in [2.75, 3.05) is 39.8 Å². The van der Waals surface area contributed by atoms with E-state index in [2.05, 4.69) is 33.0 Å². The summed E-state index contributed by atoms with van der Waals surface area (Å²) in [5, 5.41) is 19.3. The Balaban J connectivity index is 0.00000320. The second-order valence-electron chi connectivity index (χ2n) is 7.17. The largest absolute Gasteiger partial charge is 0.497 e. The zero-order valence-electron chi connectivity index (χ0n) is 17.7. The Morgan fingerprint density at radius 3 is 2.70 bits per heavy atom. The van der Waals surface area contributed by atoms with E-state index < -0.39 is 6.10 Å². The Morgan fingerprint density at radius 1 is 1.23 bits per heavy atom. The molecule has 30 heavy (non-hydrogen) atoms. The number of nitrogens with zero attached hydrogens (tertiary/aromatic N) is 2. The van der Waals surface area contributed by atoms with Crippen LogP contribution in [0.25, 0.3) is 0 Å². The Bertz CT molecular complexity index is 766. The second-order valence-corrected chi connectivity index (χ2v) is 8.15. The molecule has 166 valence electrons. The van der Waals surface area contributed by atoms with E-state index in [0.717, 1.165) is 36.9 Å². The summed E-state index contributed by atoms with van der Waals surface area (Å²) in [6.45, 7) is 6.17. The molecule has 1 aliphatic heterocycles. The van der Waals surface area contributed by atoms with E-state index in [1.165, 1.54) is 17.7 Å². The topological polar surface area (TPSA) is 69.1 Å². The van der Waals surface area contributed by atoms with Gasteiger partial charge in [0.25, 0.3) is 0 Å². The molecule has 6 nitrogen and oxygen atoms in total. The highest BCUT2D eigenvalue weighted by Crippen LogP contribution is 2.28. The number of aliphatic hydroxyl groups is 1. The highest BCUT2D eigenvalue weighted by molar-refractivity contribution is 14.0. The molecule has 0 amide bonds. The minimum Gasteiger partial charge on any atom is -0.497 e. The van der Waals surface area contributed by atoms with Crippen molar-refractivity contribution < 1.29 is 9.84 Å². The first-order valence-electron chi connectivity index (χ1n) is 10.3. The van der Waals surface area contributed by atoms with Crippen LogP contribution >= 0.6 is 35.3 Å². The summed E-state index contributed by atoms with van der Waals surface area (Å²) in [7, 11) is 1.63. The van der Waals surface area contributed by atoms with Gasteiger partial charge in [-0.25, -0.2) is 0 Å². The molecule has 2 unspecified atom stereocenters. The van der Waals surface area contributed by atoms with Gasteiger partial charge in [-0.05, 0) is 62.0 Å². The van der Waals surface area contributed by atoms with Gasteiger partial charge < -0.3 is 20.5 Å². The van der Waals surface area contributed by atoms with Crippen LogP contribution in [0.5, 0.6) is 5.75 Å². The van der Waals surface area contributed by atoms with Crippen molar-refractivity contribution >= 4 is 41.3 Å². The maximum absolute atomic E-state index is 10.6. The number of rotatable bonds is 9. The van der Waals surface area contributed by atoms with Crippen molar-refractivity contribution in [3.05, 3.63) is 52.2 Å². The standard InChI is InChI=1S/C22H32N4O2S.HI/c1-3-23-22(25-16-20(27)17-8-6-9-18(14-17)28-2)24-15-19(21-10-7-13-29-21)26-11-4-5-12-26;/h6-10,13-14,19-20,27H,3-5,11-12,15-16H2,1-2H3,(H2,23,24,25);1H. The fourth-order valence-electron chi connectivity index (χ4n) is 3.60. The van der Waals surface area contributed by atoms with Gasteiger partial charge >= 0.3 is 0 Å². The molecular weight excluding hydrogens is 511 g/mol. The van der Waals surface area contributed by atoms with E-state index in [0.29, 0.717) is 19.1 Å². The van der Waals surface area contributed by atoms with Gasteiger partial charge in [0.2, 0.25) is 0 Å². The number of likely N-dealkylation sites (tertiary alicyclic amines) is 1. The quantitative estimate of drug-likeness (QED) is 0.255. The molecule has 1 aliphatic rings. The van der Waals surface area contributed by atoms with Gasteiger partial charge in [0.1, 0.15) is 5.75 Å². The number of thiophene rings is 1. The lowest BCUT2D eigenvalue weighted by molar-refractivity contribution is 0.180. The number of aliphatic imine (C=N–C) groups is 1. The molecule has 8 heteroatoms. The lowest BCUT2D eigenvalue weighted by Crippen LogP contribution is -2.40. The zero-order chi connectivity index (χ0) is 20.5. The summed E-state index contributed by atoms with van der Waals surface area (Å²) in [4.78, 5) is 8.73. The maximum Gasteiger partial charge on any atom is 0.191 e. The highest BCUT2D eigenvalue weighted by atomic mass is 127. The van der Waals surface area contributed by atoms with Crippen LogP contribution in [0.4, 0.5) is 0 Å².